The third-order valence-electron chi connectivity index (χ3n) is 3.15. The maximum Gasteiger partial charge on any atom is 0.0407 e. The van der Waals surface area contributed by atoms with Gasteiger partial charge in [-0.25, -0.2) is 0 Å². The van der Waals surface area contributed by atoms with Crippen LogP contribution in [0.3, 0.4) is 0 Å². The summed E-state index contributed by atoms with van der Waals surface area (Å²) in [5.41, 5.74) is 1.25. The summed E-state index contributed by atoms with van der Waals surface area (Å²) in [6.45, 7) is 12.1. The molecule has 0 aliphatic rings. The molecular weight excluding hydrogens is 232 g/mol. The third-order valence-corrected chi connectivity index (χ3v) is 3.41. The van der Waals surface area contributed by atoms with Gasteiger partial charge in [-0.15, -0.1) is 0 Å². The second-order valence-corrected chi connectivity index (χ2v) is 4.52. The Balaban J connectivity index is 2.56. The molecule has 0 aromatic heterocycles. The molecule has 17 heavy (non-hydrogen) atoms. The highest BCUT2D eigenvalue weighted by molar-refractivity contribution is 6.30. The second kappa shape index (κ2) is 7.57. The summed E-state index contributed by atoms with van der Waals surface area (Å²) in [6, 6.07) is 8.09. The minimum absolute atomic E-state index is 0.800. The highest BCUT2D eigenvalue weighted by Gasteiger charge is 2.06. The Bertz CT molecular complexity index is 307. The van der Waals surface area contributed by atoms with Crippen molar-refractivity contribution in [3.63, 3.8) is 0 Å². The maximum absolute atomic E-state index is 5.91. The van der Waals surface area contributed by atoms with E-state index in [-0.39, 0.29) is 0 Å². The van der Waals surface area contributed by atoms with Crippen LogP contribution in [0.25, 0.3) is 0 Å². The molecule has 0 saturated carbocycles. The number of anilines is 1. The Hall–Kier alpha value is -0.730. The zero-order valence-electron chi connectivity index (χ0n) is 11.1. The van der Waals surface area contributed by atoms with Crippen molar-refractivity contribution in [3.05, 3.63) is 29.3 Å². The normalized spacial score (nSPS) is 10.9. The number of halogens is 1. The molecule has 0 spiro atoms. The van der Waals surface area contributed by atoms with E-state index in [1.165, 1.54) is 5.69 Å². The highest BCUT2D eigenvalue weighted by Crippen LogP contribution is 2.17. The molecule has 0 fully saturated rings. The van der Waals surface area contributed by atoms with Crippen LogP contribution in [0, 0.1) is 0 Å². The Morgan fingerprint density at radius 1 is 0.882 bits per heavy atom. The smallest absolute Gasteiger partial charge is 0.0407 e. The van der Waals surface area contributed by atoms with Gasteiger partial charge in [0.25, 0.3) is 0 Å². The topological polar surface area (TPSA) is 6.48 Å². The standard InChI is InChI=1S/C14H23ClN2/c1-4-16(5-2)11-12-17(6-3)14-9-7-13(15)8-10-14/h7-10H,4-6,11-12H2,1-3H3. The number of hydrogen-bond acceptors (Lipinski definition) is 2. The summed E-state index contributed by atoms with van der Waals surface area (Å²) in [6.07, 6.45) is 0. The molecule has 3 heteroatoms. The molecule has 1 rings (SSSR count). The molecule has 0 bridgehead atoms. The molecule has 0 aliphatic carbocycles. The average molecular weight is 255 g/mol. The van der Waals surface area contributed by atoms with Crippen LogP contribution in [0.2, 0.25) is 5.02 Å². The lowest BCUT2D eigenvalue weighted by atomic mass is 10.3. The number of nitrogens with zero attached hydrogens (tertiary/aromatic N) is 2. The second-order valence-electron chi connectivity index (χ2n) is 4.08. The fraction of sp³-hybridized carbons (Fsp3) is 0.571. The Morgan fingerprint density at radius 3 is 1.94 bits per heavy atom. The van der Waals surface area contributed by atoms with E-state index in [2.05, 4.69) is 42.7 Å². The molecule has 2 nitrogen and oxygen atoms in total. The first kappa shape index (κ1) is 14.3. The first-order valence-corrected chi connectivity index (χ1v) is 6.81. The van der Waals surface area contributed by atoms with Crippen molar-refractivity contribution >= 4 is 17.3 Å². The summed E-state index contributed by atoms with van der Waals surface area (Å²) in [4.78, 5) is 4.83. The average Bonchev–Trinajstić information content (AvgIpc) is 2.36. The van der Waals surface area contributed by atoms with Gasteiger partial charge in [0.2, 0.25) is 0 Å². The number of benzene rings is 1. The summed E-state index contributed by atoms with van der Waals surface area (Å²) >= 11 is 5.91. The van der Waals surface area contributed by atoms with Crippen LogP contribution in [0.5, 0.6) is 0 Å². The fourth-order valence-electron chi connectivity index (χ4n) is 1.92. The quantitative estimate of drug-likeness (QED) is 0.735. The first-order chi connectivity index (χ1) is 8.21. The van der Waals surface area contributed by atoms with Gasteiger partial charge in [0.15, 0.2) is 0 Å². The molecule has 1 aromatic rings. The van der Waals surface area contributed by atoms with Gasteiger partial charge in [0, 0.05) is 30.3 Å². The predicted octanol–water partition coefficient (Wildman–Crippen LogP) is 3.51. The number of rotatable bonds is 7. The highest BCUT2D eigenvalue weighted by atomic mass is 35.5. The van der Waals surface area contributed by atoms with Crippen LogP contribution >= 0.6 is 11.6 Å². The van der Waals surface area contributed by atoms with Crippen LogP contribution in [-0.2, 0) is 0 Å². The molecule has 0 saturated heterocycles. The lowest BCUT2D eigenvalue weighted by Gasteiger charge is -2.27. The molecule has 0 N–H and O–H groups in total. The lowest BCUT2D eigenvalue weighted by molar-refractivity contribution is 0.310. The lowest BCUT2D eigenvalue weighted by Crippen LogP contribution is -2.35. The molecule has 0 atom stereocenters. The van der Waals surface area contributed by atoms with Crippen LogP contribution in [0.1, 0.15) is 20.8 Å². The van der Waals surface area contributed by atoms with Crippen molar-refractivity contribution in [2.45, 2.75) is 20.8 Å². The molecule has 0 radical (unpaired) electrons. The van der Waals surface area contributed by atoms with Gasteiger partial charge < -0.3 is 9.80 Å². The molecule has 0 heterocycles. The molecule has 0 amide bonds. The predicted molar refractivity (Wildman–Crippen MR) is 77.1 cm³/mol. The minimum Gasteiger partial charge on any atom is -0.371 e. The van der Waals surface area contributed by atoms with Crippen molar-refractivity contribution in [1.29, 1.82) is 0 Å². The Kier molecular flexibility index (Phi) is 6.38. The van der Waals surface area contributed by atoms with Crippen molar-refractivity contribution in [2.24, 2.45) is 0 Å². The summed E-state index contributed by atoms with van der Waals surface area (Å²) in [5.74, 6) is 0. The van der Waals surface area contributed by atoms with Crippen molar-refractivity contribution in [3.8, 4) is 0 Å². The van der Waals surface area contributed by atoms with Crippen LogP contribution < -0.4 is 4.90 Å². The molecule has 0 unspecified atom stereocenters. The maximum atomic E-state index is 5.91. The summed E-state index contributed by atoms with van der Waals surface area (Å²) < 4.78 is 0. The summed E-state index contributed by atoms with van der Waals surface area (Å²) in [5, 5.41) is 0.800. The SMILES string of the molecule is CCN(CC)CCN(CC)c1ccc(Cl)cc1. The minimum atomic E-state index is 0.800. The van der Waals surface area contributed by atoms with Crippen molar-refractivity contribution in [1.82, 2.24) is 4.90 Å². The van der Waals surface area contributed by atoms with E-state index in [0.29, 0.717) is 0 Å². The first-order valence-electron chi connectivity index (χ1n) is 6.44. The van der Waals surface area contributed by atoms with Crippen LogP contribution in [0.15, 0.2) is 24.3 Å². The van der Waals surface area contributed by atoms with Crippen molar-refractivity contribution in [2.75, 3.05) is 37.6 Å². The van der Waals surface area contributed by atoms with Gasteiger partial charge in [-0.3, -0.25) is 0 Å². The molecular formula is C14H23ClN2. The largest absolute Gasteiger partial charge is 0.371 e. The third kappa shape index (κ3) is 4.57. The van der Waals surface area contributed by atoms with E-state index in [1.54, 1.807) is 0 Å². The van der Waals surface area contributed by atoms with E-state index in [9.17, 15) is 0 Å². The van der Waals surface area contributed by atoms with E-state index >= 15 is 0 Å². The molecule has 1 aromatic carbocycles. The zero-order chi connectivity index (χ0) is 12.7. The van der Waals surface area contributed by atoms with E-state index < -0.39 is 0 Å². The number of hydrogen-bond donors (Lipinski definition) is 0. The van der Waals surface area contributed by atoms with Gasteiger partial charge in [-0.05, 0) is 44.3 Å². The fourth-order valence-corrected chi connectivity index (χ4v) is 2.05. The van der Waals surface area contributed by atoms with Gasteiger partial charge in [-0.2, -0.15) is 0 Å². The van der Waals surface area contributed by atoms with Gasteiger partial charge in [-0.1, -0.05) is 25.4 Å². The molecule has 96 valence electrons. The van der Waals surface area contributed by atoms with Gasteiger partial charge in [0.1, 0.15) is 0 Å². The van der Waals surface area contributed by atoms with E-state index in [4.69, 9.17) is 11.6 Å². The summed E-state index contributed by atoms with van der Waals surface area (Å²) in [7, 11) is 0. The molecule has 0 aliphatic heterocycles. The van der Waals surface area contributed by atoms with E-state index in [0.717, 1.165) is 37.7 Å². The van der Waals surface area contributed by atoms with Gasteiger partial charge >= 0.3 is 0 Å². The van der Waals surface area contributed by atoms with E-state index in [1.807, 2.05) is 12.1 Å². The van der Waals surface area contributed by atoms with Crippen LogP contribution in [-0.4, -0.2) is 37.6 Å². The zero-order valence-corrected chi connectivity index (χ0v) is 11.9. The van der Waals surface area contributed by atoms with Crippen molar-refractivity contribution < 1.29 is 0 Å². The number of likely N-dealkylation sites (N-methyl/N-ethyl adjacent to an activating group) is 2. The Labute approximate surface area is 110 Å². The monoisotopic (exact) mass is 254 g/mol. The van der Waals surface area contributed by atoms with Crippen LogP contribution in [0.4, 0.5) is 5.69 Å². The van der Waals surface area contributed by atoms with Gasteiger partial charge in [0.05, 0.1) is 0 Å². The Morgan fingerprint density at radius 2 is 1.47 bits per heavy atom.